The highest BCUT2D eigenvalue weighted by Gasteiger charge is 2.18. The van der Waals surface area contributed by atoms with Crippen molar-refractivity contribution in [2.75, 3.05) is 27.9 Å². The Morgan fingerprint density at radius 3 is 1.95 bits per heavy atom. The first-order chi connectivity index (χ1) is 9.32. The summed E-state index contributed by atoms with van der Waals surface area (Å²) < 4.78 is 16.0. The molecule has 0 heterocycles. The van der Waals surface area contributed by atoms with Crippen LogP contribution in [0.3, 0.4) is 0 Å². The highest BCUT2D eigenvalue weighted by Crippen LogP contribution is 2.39. The molecule has 1 unspecified atom stereocenters. The van der Waals surface area contributed by atoms with E-state index in [0.717, 1.165) is 5.56 Å². The summed E-state index contributed by atoms with van der Waals surface area (Å²) in [5.41, 5.74) is 0.248. The van der Waals surface area contributed by atoms with Crippen LogP contribution in [0.2, 0.25) is 0 Å². The minimum Gasteiger partial charge on any atom is -0.493 e. The first kappa shape index (κ1) is 16.6. The van der Waals surface area contributed by atoms with Crippen LogP contribution in [-0.2, 0) is 0 Å². The van der Waals surface area contributed by atoms with Crippen LogP contribution in [-0.4, -0.2) is 38.6 Å². The molecule has 1 rings (SSSR count). The van der Waals surface area contributed by atoms with Crippen molar-refractivity contribution < 1.29 is 19.3 Å². The fraction of sp³-hybridized carbons (Fsp3) is 0.600. The van der Waals surface area contributed by atoms with E-state index < -0.39 is 5.60 Å². The Morgan fingerprint density at radius 1 is 1.10 bits per heavy atom. The second-order valence-corrected chi connectivity index (χ2v) is 5.37. The number of ether oxygens (including phenoxy) is 3. The topological polar surface area (TPSA) is 60.0 Å². The van der Waals surface area contributed by atoms with Gasteiger partial charge in [-0.1, -0.05) is 0 Å². The van der Waals surface area contributed by atoms with Gasteiger partial charge in [-0.05, 0) is 38.5 Å². The van der Waals surface area contributed by atoms with Crippen molar-refractivity contribution in [1.82, 2.24) is 5.32 Å². The van der Waals surface area contributed by atoms with Gasteiger partial charge in [0.15, 0.2) is 11.5 Å². The summed E-state index contributed by atoms with van der Waals surface area (Å²) in [6.45, 7) is 6.04. The molecule has 114 valence electrons. The van der Waals surface area contributed by atoms with Crippen LogP contribution in [0.25, 0.3) is 0 Å². The number of benzene rings is 1. The highest BCUT2D eigenvalue weighted by molar-refractivity contribution is 5.54. The Hall–Kier alpha value is -1.46. The number of hydrogen-bond acceptors (Lipinski definition) is 5. The maximum atomic E-state index is 9.77. The van der Waals surface area contributed by atoms with Crippen LogP contribution in [0, 0.1) is 0 Å². The van der Waals surface area contributed by atoms with Crippen molar-refractivity contribution in [2.24, 2.45) is 0 Å². The minimum absolute atomic E-state index is 0.0510. The second-order valence-electron chi connectivity index (χ2n) is 5.37. The molecule has 20 heavy (non-hydrogen) atoms. The van der Waals surface area contributed by atoms with Crippen molar-refractivity contribution >= 4 is 0 Å². The highest BCUT2D eigenvalue weighted by atomic mass is 16.5. The van der Waals surface area contributed by atoms with Crippen molar-refractivity contribution in [1.29, 1.82) is 0 Å². The van der Waals surface area contributed by atoms with E-state index in [1.165, 1.54) is 0 Å². The van der Waals surface area contributed by atoms with E-state index in [-0.39, 0.29) is 6.04 Å². The molecule has 5 heteroatoms. The summed E-state index contributed by atoms with van der Waals surface area (Å²) in [7, 11) is 4.77. The summed E-state index contributed by atoms with van der Waals surface area (Å²) in [6.07, 6.45) is 0. The molecular formula is C15H25NO4. The average Bonchev–Trinajstić information content (AvgIpc) is 2.42. The van der Waals surface area contributed by atoms with Crippen LogP contribution in [0.1, 0.15) is 32.4 Å². The van der Waals surface area contributed by atoms with Crippen molar-refractivity contribution in [3.8, 4) is 17.2 Å². The standard InChI is InChI=1S/C15H25NO4/c1-10(16-9-15(2,3)17)11-7-12(18-4)14(20-6)13(8-11)19-5/h7-8,10,16-17H,9H2,1-6H3. The average molecular weight is 283 g/mol. The summed E-state index contributed by atoms with van der Waals surface area (Å²) in [5.74, 6) is 1.82. The van der Waals surface area contributed by atoms with Gasteiger partial charge in [0.05, 0.1) is 26.9 Å². The Kier molecular flexibility index (Phi) is 5.65. The zero-order valence-electron chi connectivity index (χ0n) is 13.1. The van der Waals surface area contributed by atoms with Gasteiger partial charge < -0.3 is 24.6 Å². The molecule has 0 amide bonds. The molecule has 0 saturated heterocycles. The first-order valence-corrected chi connectivity index (χ1v) is 6.58. The van der Waals surface area contributed by atoms with E-state index in [1.54, 1.807) is 35.2 Å². The lowest BCUT2D eigenvalue weighted by molar-refractivity contribution is 0.0770. The minimum atomic E-state index is -0.755. The molecule has 1 aromatic carbocycles. The van der Waals surface area contributed by atoms with Crippen molar-refractivity contribution in [2.45, 2.75) is 32.4 Å². The van der Waals surface area contributed by atoms with Gasteiger partial charge in [-0.3, -0.25) is 0 Å². The summed E-state index contributed by atoms with van der Waals surface area (Å²) in [6, 6.07) is 3.86. The summed E-state index contributed by atoms with van der Waals surface area (Å²) >= 11 is 0. The van der Waals surface area contributed by atoms with E-state index in [0.29, 0.717) is 23.8 Å². The SMILES string of the molecule is COc1cc(C(C)NCC(C)(C)O)cc(OC)c1OC. The molecular weight excluding hydrogens is 258 g/mol. The molecule has 0 aromatic heterocycles. The van der Waals surface area contributed by atoms with E-state index in [9.17, 15) is 5.11 Å². The van der Waals surface area contributed by atoms with Crippen LogP contribution in [0.15, 0.2) is 12.1 Å². The quantitative estimate of drug-likeness (QED) is 0.803. The molecule has 1 aromatic rings. The monoisotopic (exact) mass is 283 g/mol. The Morgan fingerprint density at radius 2 is 1.60 bits per heavy atom. The zero-order chi connectivity index (χ0) is 15.3. The molecule has 1 atom stereocenters. The molecule has 0 fully saturated rings. The van der Waals surface area contributed by atoms with E-state index >= 15 is 0 Å². The van der Waals surface area contributed by atoms with Gasteiger partial charge in [0.1, 0.15) is 0 Å². The summed E-state index contributed by atoms with van der Waals surface area (Å²) in [4.78, 5) is 0. The molecule has 0 bridgehead atoms. The van der Waals surface area contributed by atoms with Crippen LogP contribution >= 0.6 is 0 Å². The molecule has 0 radical (unpaired) electrons. The molecule has 0 aliphatic rings. The van der Waals surface area contributed by atoms with Crippen molar-refractivity contribution in [3.63, 3.8) is 0 Å². The predicted molar refractivity (Wildman–Crippen MR) is 78.8 cm³/mol. The van der Waals surface area contributed by atoms with E-state index in [4.69, 9.17) is 14.2 Å². The van der Waals surface area contributed by atoms with Crippen LogP contribution in [0.5, 0.6) is 17.2 Å². The summed E-state index contributed by atoms with van der Waals surface area (Å²) in [5, 5.41) is 13.0. The third-order valence-electron chi connectivity index (χ3n) is 3.03. The molecule has 0 aliphatic heterocycles. The first-order valence-electron chi connectivity index (χ1n) is 6.58. The Balaban J connectivity index is 3.00. The predicted octanol–water partition coefficient (Wildman–Crippen LogP) is 2.13. The van der Waals surface area contributed by atoms with E-state index in [1.807, 2.05) is 19.1 Å². The lowest BCUT2D eigenvalue weighted by atomic mass is 10.0. The molecule has 0 saturated carbocycles. The third kappa shape index (κ3) is 4.28. The fourth-order valence-corrected chi connectivity index (χ4v) is 1.87. The van der Waals surface area contributed by atoms with Gasteiger partial charge in [0.2, 0.25) is 5.75 Å². The van der Waals surface area contributed by atoms with Gasteiger partial charge in [0.25, 0.3) is 0 Å². The molecule has 2 N–H and O–H groups in total. The lowest BCUT2D eigenvalue weighted by Crippen LogP contribution is -2.36. The smallest absolute Gasteiger partial charge is 0.203 e. The second kappa shape index (κ2) is 6.81. The van der Waals surface area contributed by atoms with Gasteiger partial charge >= 0.3 is 0 Å². The van der Waals surface area contributed by atoms with Gasteiger partial charge in [-0.25, -0.2) is 0 Å². The van der Waals surface area contributed by atoms with Gasteiger partial charge in [0, 0.05) is 12.6 Å². The maximum absolute atomic E-state index is 9.77. The molecule has 0 aliphatic carbocycles. The van der Waals surface area contributed by atoms with Gasteiger partial charge in [-0.15, -0.1) is 0 Å². The third-order valence-corrected chi connectivity index (χ3v) is 3.03. The number of aliphatic hydroxyl groups is 1. The van der Waals surface area contributed by atoms with Crippen molar-refractivity contribution in [3.05, 3.63) is 17.7 Å². The van der Waals surface area contributed by atoms with Crippen LogP contribution in [0.4, 0.5) is 0 Å². The number of methoxy groups -OCH3 is 3. The van der Waals surface area contributed by atoms with Crippen LogP contribution < -0.4 is 19.5 Å². The Labute approximate surface area is 120 Å². The largest absolute Gasteiger partial charge is 0.493 e. The zero-order valence-corrected chi connectivity index (χ0v) is 13.1. The Bertz CT molecular complexity index is 415. The number of rotatable bonds is 7. The molecule has 0 spiro atoms. The maximum Gasteiger partial charge on any atom is 0.203 e. The number of nitrogens with one attached hydrogen (secondary N) is 1. The van der Waals surface area contributed by atoms with E-state index in [2.05, 4.69) is 5.32 Å². The normalized spacial score (nSPS) is 12.9. The molecule has 5 nitrogen and oxygen atoms in total. The lowest BCUT2D eigenvalue weighted by Gasteiger charge is -2.23. The fourth-order valence-electron chi connectivity index (χ4n) is 1.87. The van der Waals surface area contributed by atoms with Gasteiger partial charge in [-0.2, -0.15) is 0 Å². The number of hydrogen-bond donors (Lipinski definition) is 2.